The normalized spacial score (nSPS) is 16.7. The van der Waals surface area contributed by atoms with Gasteiger partial charge in [0.2, 0.25) is 5.91 Å². The highest BCUT2D eigenvalue weighted by Crippen LogP contribution is 2.23. The molecule has 3 heteroatoms. The monoisotopic (exact) mass is 294 g/mol. The highest BCUT2D eigenvalue weighted by Gasteiger charge is 2.20. The first-order valence-corrected chi connectivity index (χ1v) is 8.07. The number of carbonyl (C=O) groups excluding carboxylic acids is 1. The third-order valence-electron chi connectivity index (χ3n) is 4.48. The summed E-state index contributed by atoms with van der Waals surface area (Å²) in [4.78, 5) is 12.1. The Morgan fingerprint density at radius 2 is 1.77 bits per heavy atom. The van der Waals surface area contributed by atoms with Crippen LogP contribution in [-0.4, -0.2) is 11.6 Å². The molecule has 0 aromatic heterocycles. The van der Waals surface area contributed by atoms with Gasteiger partial charge in [0.25, 0.3) is 0 Å². The predicted molar refractivity (Wildman–Crippen MR) is 90.9 cm³/mol. The van der Waals surface area contributed by atoms with Crippen molar-refractivity contribution in [1.82, 2.24) is 5.43 Å². The number of benzene rings is 2. The molecule has 0 bridgehead atoms. The van der Waals surface area contributed by atoms with Crippen LogP contribution in [0.2, 0.25) is 0 Å². The molecule has 1 fully saturated rings. The van der Waals surface area contributed by atoms with Crippen LogP contribution in [0.4, 0.5) is 0 Å². The van der Waals surface area contributed by atoms with Crippen LogP contribution in [-0.2, 0) is 4.79 Å². The first-order chi connectivity index (χ1) is 10.7. The number of fused-ring (bicyclic) bond motifs is 1. The van der Waals surface area contributed by atoms with Gasteiger partial charge >= 0.3 is 0 Å². The van der Waals surface area contributed by atoms with Gasteiger partial charge in [0.15, 0.2) is 0 Å². The standard InChI is InChI=1S/C19H22N2O/c1-14(20-21-19(22)16-8-3-2-4-9-16)17-12-11-15-7-5-6-10-18(15)13-17/h5-7,10-13,16H,2-4,8-9H2,1H3,(H,21,22). The van der Waals surface area contributed by atoms with E-state index in [-0.39, 0.29) is 11.8 Å². The van der Waals surface area contributed by atoms with E-state index in [9.17, 15) is 4.79 Å². The zero-order valence-corrected chi connectivity index (χ0v) is 13.0. The second kappa shape index (κ2) is 6.73. The summed E-state index contributed by atoms with van der Waals surface area (Å²) in [6, 6.07) is 14.5. The van der Waals surface area contributed by atoms with Crippen molar-refractivity contribution in [2.75, 3.05) is 0 Å². The molecule has 0 unspecified atom stereocenters. The highest BCUT2D eigenvalue weighted by molar-refractivity contribution is 6.02. The lowest BCUT2D eigenvalue weighted by molar-refractivity contribution is -0.125. The summed E-state index contributed by atoms with van der Waals surface area (Å²) in [5.41, 5.74) is 4.63. The van der Waals surface area contributed by atoms with Crippen LogP contribution in [0.5, 0.6) is 0 Å². The van der Waals surface area contributed by atoms with Crippen molar-refractivity contribution in [2.24, 2.45) is 11.0 Å². The van der Waals surface area contributed by atoms with Crippen molar-refractivity contribution in [2.45, 2.75) is 39.0 Å². The molecule has 1 aliphatic rings. The molecule has 114 valence electrons. The Bertz CT molecular complexity index is 699. The molecule has 3 nitrogen and oxygen atoms in total. The molecule has 1 N–H and O–H groups in total. The second-order valence-corrected chi connectivity index (χ2v) is 6.07. The minimum atomic E-state index is 0.0693. The van der Waals surface area contributed by atoms with Crippen LogP contribution >= 0.6 is 0 Å². The third-order valence-corrected chi connectivity index (χ3v) is 4.48. The molecule has 2 aromatic carbocycles. The number of nitrogens with one attached hydrogen (secondary N) is 1. The fourth-order valence-electron chi connectivity index (χ4n) is 3.07. The molecule has 0 atom stereocenters. The van der Waals surface area contributed by atoms with E-state index in [4.69, 9.17) is 0 Å². The average Bonchev–Trinajstić information content (AvgIpc) is 2.59. The molecule has 1 aliphatic carbocycles. The van der Waals surface area contributed by atoms with Gasteiger partial charge in [-0.15, -0.1) is 0 Å². The van der Waals surface area contributed by atoms with Gasteiger partial charge in [-0.1, -0.05) is 55.7 Å². The Hall–Kier alpha value is -2.16. The lowest BCUT2D eigenvalue weighted by atomic mass is 9.89. The number of rotatable bonds is 3. The fraction of sp³-hybridized carbons (Fsp3) is 0.368. The minimum Gasteiger partial charge on any atom is -0.273 e. The topological polar surface area (TPSA) is 41.5 Å². The quantitative estimate of drug-likeness (QED) is 0.667. The van der Waals surface area contributed by atoms with Crippen molar-refractivity contribution in [1.29, 1.82) is 0 Å². The van der Waals surface area contributed by atoms with E-state index in [1.54, 1.807) is 0 Å². The van der Waals surface area contributed by atoms with Gasteiger partial charge < -0.3 is 0 Å². The Kier molecular flexibility index (Phi) is 4.52. The summed E-state index contributed by atoms with van der Waals surface area (Å²) in [5.74, 6) is 0.210. The summed E-state index contributed by atoms with van der Waals surface area (Å²) in [7, 11) is 0. The second-order valence-electron chi connectivity index (χ2n) is 6.07. The molecular formula is C19H22N2O. The molecule has 2 aromatic rings. The van der Waals surface area contributed by atoms with Crippen LogP contribution in [0.1, 0.15) is 44.6 Å². The van der Waals surface area contributed by atoms with E-state index in [2.05, 4.69) is 34.8 Å². The lowest BCUT2D eigenvalue weighted by Gasteiger charge is -2.19. The smallest absolute Gasteiger partial charge is 0.243 e. The average molecular weight is 294 g/mol. The molecule has 3 rings (SSSR count). The fourth-order valence-corrected chi connectivity index (χ4v) is 3.07. The maximum absolute atomic E-state index is 12.1. The summed E-state index contributed by atoms with van der Waals surface area (Å²) in [6.07, 6.45) is 5.56. The molecule has 0 saturated heterocycles. The van der Waals surface area contributed by atoms with Gasteiger partial charge in [-0.3, -0.25) is 4.79 Å². The van der Waals surface area contributed by atoms with E-state index in [0.29, 0.717) is 0 Å². The number of hydrogen-bond acceptors (Lipinski definition) is 2. The van der Waals surface area contributed by atoms with Crippen molar-refractivity contribution in [3.8, 4) is 0 Å². The number of nitrogens with zero attached hydrogens (tertiary/aromatic N) is 1. The van der Waals surface area contributed by atoms with E-state index in [1.165, 1.54) is 17.2 Å². The summed E-state index contributed by atoms with van der Waals surface area (Å²) >= 11 is 0. The highest BCUT2D eigenvalue weighted by atomic mass is 16.2. The van der Waals surface area contributed by atoms with Crippen LogP contribution in [0.15, 0.2) is 47.6 Å². The number of hydrazone groups is 1. The predicted octanol–water partition coefficient (Wildman–Crippen LogP) is 4.26. The molecule has 0 heterocycles. The van der Waals surface area contributed by atoms with Crippen LogP contribution in [0, 0.1) is 5.92 Å². The van der Waals surface area contributed by atoms with Crippen LogP contribution < -0.4 is 5.43 Å². The lowest BCUT2D eigenvalue weighted by Crippen LogP contribution is -2.29. The summed E-state index contributed by atoms with van der Waals surface area (Å²) in [6.45, 7) is 1.94. The SMILES string of the molecule is CC(=NNC(=O)C1CCCCC1)c1ccc2ccccc2c1. The van der Waals surface area contributed by atoms with Gasteiger partial charge in [0.05, 0.1) is 5.71 Å². The number of hydrogen-bond donors (Lipinski definition) is 1. The van der Waals surface area contributed by atoms with Crippen LogP contribution in [0.3, 0.4) is 0 Å². The molecule has 0 aliphatic heterocycles. The molecule has 22 heavy (non-hydrogen) atoms. The largest absolute Gasteiger partial charge is 0.273 e. The Morgan fingerprint density at radius 3 is 2.55 bits per heavy atom. The van der Waals surface area contributed by atoms with Gasteiger partial charge in [0.1, 0.15) is 0 Å². The maximum atomic E-state index is 12.1. The van der Waals surface area contributed by atoms with Crippen molar-refractivity contribution in [3.63, 3.8) is 0 Å². The third kappa shape index (κ3) is 3.35. The van der Waals surface area contributed by atoms with Gasteiger partial charge in [-0.25, -0.2) is 5.43 Å². The van der Waals surface area contributed by atoms with E-state index >= 15 is 0 Å². The summed E-state index contributed by atoms with van der Waals surface area (Å²) in [5, 5.41) is 6.69. The molecular weight excluding hydrogens is 272 g/mol. The zero-order valence-electron chi connectivity index (χ0n) is 13.0. The van der Waals surface area contributed by atoms with Gasteiger partial charge in [-0.2, -0.15) is 5.10 Å². The Labute approximate surface area is 131 Å². The van der Waals surface area contributed by atoms with Gasteiger partial charge in [-0.05, 0) is 42.2 Å². The van der Waals surface area contributed by atoms with Crippen molar-refractivity contribution in [3.05, 3.63) is 48.0 Å². The molecule has 0 radical (unpaired) electrons. The molecule has 1 saturated carbocycles. The number of amides is 1. The van der Waals surface area contributed by atoms with E-state index in [0.717, 1.165) is 37.0 Å². The molecule has 1 amide bonds. The van der Waals surface area contributed by atoms with Gasteiger partial charge in [0, 0.05) is 5.92 Å². The van der Waals surface area contributed by atoms with Crippen molar-refractivity contribution < 1.29 is 4.79 Å². The minimum absolute atomic E-state index is 0.0693. The van der Waals surface area contributed by atoms with E-state index in [1.807, 2.05) is 25.1 Å². The first-order valence-electron chi connectivity index (χ1n) is 8.07. The Balaban J connectivity index is 1.71. The first kappa shape index (κ1) is 14.8. The maximum Gasteiger partial charge on any atom is 0.243 e. The Morgan fingerprint density at radius 1 is 1.05 bits per heavy atom. The van der Waals surface area contributed by atoms with Crippen LogP contribution in [0.25, 0.3) is 10.8 Å². The van der Waals surface area contributed by atoms with E-state index < -0.39 is 0 Å². The molecule has 0 spiro atoms. The summed E-state index contributed by atoms with van der Waals surface area (Å²) < 4.78 is 0. The number of carbonyl (C=O) groups is 1. The van der Waals surface area contributed by atoms with Crippen molar-refractivity contribution >= 4 is 22.4 Å². The zero-order chi connectivity index (χ0) is 15.4.